The number of fused-ring (bicyclic) bond motifs is 1. The van der Waals surface area contributed by atoms with Crippen LogP contribution in [0.1, 0.15) is 45.4 Å². The van der Waals surface area contributed by atoms with Gasteiger partial charge in [0.1, 0.15) is 16.7 Å². The highest BCUT2D eigenvalue weighted by Crippen LogP contribution is 2.34. The van der Waals surface area contributed by atoms with Crippen LogP contribution in [0.25, 0.3) is 0 Å². The van der Waals surface area contributed by atoms with Crippen LogP contribution in [0.2, 0.25) is 0 Å². The Kier molecular flexibility index (Phi) is 9.31. The standard InChI is InChI=1S/C27H37N3O4S/c1-20(2)9-8-10-23-12-13-27-25(15-23)34-26(18-29(5)17-24-11-6-7-14-28-24)21(3)16-30(22(4)19-31)35(27,32)33/h6-7,11-15,20-22,26,31H,9,16-19H2,1-5H3/t21-,22-,26+/m0/s1. The molecule has 3 rings (SSSR count). The molecule has 7 nitrogen and oxygen atoms in total. The van der Waals surface area contributed by atoms with E-state index in [1.54, 1.807) is 31.3 Å². The lowest BCUT2D eigenvalue weighted by Crippen LogP contribution is -2.49. The molecule has 3 atom stereocenters. The molecule has 0 saturated heterocycles. The van der Waals surface area contributed by atoms with Gasteiger partial charge >= 0.3 is 0 Å². The number of aromatic nitrogens is 1. The fourth-order valence-electron chi connectivity index (χ4n) is 4.02. The third-order valence-corrected chi connectivity index (χ3v) is 8.08. The number of likely N-dealkylation sites (N-methyl/N-ethyl adjacent to an activating group) is 1. The molecule has 0 aliphatic carbocycles. The molecular formula is C27H37N3O4S. The Morgan fingerprint density at radius 3 is 2.69 bits per heavy atom. The van der Waals surface area contributed by atoms with E-state index in [4.69, 9.17) is 4.74 Å². The van der Waals surface area contributed by atoms with Crippen LogP contribution in [0, 0.1) is 23.7 Å². The Bertz CT molecular complexity index is 1140. The van der Waals surface area contributed by atoms with E-state index >= 15 is 0 Å². The predicted molar refractivity (Wildman–Crippen MR) is 137 cm³/mol. The van der Waals surface area contributed by atoms with E-state index in [0.717, 1.165) is 17.7 Å². The highest BCUT2D eigenvalue weighted by atomic mass is 32.2. The van der Waals surface area contributed by atoms with Gasteiger partial charge in [-0.05, 0) is 50.2 Å². The summed E-state index contributed by atoms with van der Waals surface area (Å²) in [6, 6.07) is 10.3. The van der Waals surface area contributed by atoms with E-state index in [0.29, 0.717) is 24.8 Å². The number of hydrogen-bond acceptors (Lipinski definition) is 6. The maximum Gasteiger partial charge on any atom is 0.247 e. The van der Waals surface area contributed by atoms with Gasteiger partial charge in [-0.1, -0.05) is 38.7 Å². The first-order chi connectivity index (χ1) is 16.6. The topological polar surface area (TPSA) is 83.0 Å². The Morgan fingerprint density at radius 2 is 2.03 bits per heavy atom. The summed E-state index contributed by atoms with van der Waals surface area (Å²) in [4.78, 5) is 6.64. The van der Waals surface area contributed by atoms with Crippen LogP contribution in [0.15, 0.2) is 47.5 Å². The largest absolute Gasteiger partial charge is 0.487 e. The van der Waals surface area contributed by atoms with E-state index in [1.165, 1.54) is 4.31 Å². The number of ether oxygens (including phenoxy) is 1. The maximum absolute atomic E-state index is 13.6. The minimum atomic E-state index is -3.86. The molecule has 0 unspecified atom stereocenters. The van der Waals surface area contributed by atoms with Gasteiger partial charge in [-0.25, -0.2) is 8.42 Å². The van der Waals surface area contributed by atoms with E-state index in [9.17, 15) is 13.5 Å². The Balaban J connectivity index is 1.97. The van der Waals surface area contributed by atoms with Crippen molar-refractivity contribution in [2.24, 2.45) is 11.8 Å². The van der Waals surface area contributed by atoms with Crippen LogP contribution in [-0.2, 0) is 16.6 Å². The molecule has 190 valence electrons. The van der Waals surface area contributed by atoms with Gasteiger partial charge in [-0.15, -0.1) is 0 Å². The number of aliphatic hydroxyl groups excluding tert-OH is 1. The van der Waals surface area contributed by atoms with E-state index in [-0.39, 0.29) is 30.1 Å². The van der Waals surface area contributed by atoms with Gasteiger partial charge in [0.15, 0.2) is 0 Å². The molecule has 1 aromatic carbocycles. The highest BCUT2D eigenvalue weighted by Gasteiger charge is 2.38. The van der Waals surface area contributed by atoms with Crippen molar-refractivity contribution in [1.29, 1.82) is 0 Å². The lowest BCUT2D eigenvalue weighted by Gasteiger charge is -2.37. The molecule has 0 saturated carbocycles. The molecule has 8 heteroatoms. The molecule has 2 aromatic rings. The monoisotopic (exact) mass is 499 g/mol. The van der Waals surface area contributed by atoms with Gasteiger partial charge < -0.3 is 9.84 Å². The average Bonchev–Trinajstić information content (AvgIpc) is 2.81. The van der Waals surface area contributed by atoms with Gasteiger partial charge in [0.25, 0.3) is 0 Å². The van der Waals surface area contributed by atoms with Crippen LogP contribution in [-0.4, -0.2) is 66.6 Å². The summed E-state index contributed by atoms with van der Waals surface area (Å²) in [6.07, 6.45) is 2.26. The van der Waals surface area contributed by atoms with Crippen molar-refractivity contribution in [1.82, 2.24) is 14.2 Å². The summed E-state index contributed by atoms with van der Waals surface area (Å²) < 4.78 is 35.0. The fraction of sp³-hybridized carbons (Fsp3) is 0.519. The highest BCUT2D eigenvalue weighted by molar-refractivity contribution is 7.89. The first-order valence-electron chi connectivity index (χ1n) is 12.1. The zero-order chi connectivity index (χ0) is 25.6. The predicted octanol–water partition coefficient (Wildman–Crippen LogP) is 3.38. The van der Waals surface area contributed by atoms with Crippen LogP contribution in [0.4, 0.5) is 0 Å². The van der Waals surface area contributed by atoms with Crippen molar-refractivity contribution in [2.45, 2.75) is 57.7 Å². The average molecular weight is 500 g/mol. The first kappa shape index (κ1) is 27.2. The molecule has 35 heavy (non-hydrogen) atoms. The molecule has 2 heterocycles. The van der Waals surface area contributed by atoms with Gasteiger partial charge in [0, 0.05) is 49.8 Å². The van der Waals surface area contributed by atoms with Crippen molar-refractivity contribution in [2.75, 3.05) is 26.7 Å². The number of aliphatic hydroxyl groups is 1. The Morgan fingerprint density at radius 1 is 1.26 bits per heavy atom. The van der Waals surface area contributed by atoms with E-state index < -0.39 is 16.1 Å². The molecule has 0 fully saturated rings. The second-order valence-electron chi connectivity index (χ2n) is 9.82. The third-order valence-electron chi connectivity index (χ3n) is 6.06. The van der Waals surface area contributed by atoms with Crippen LogP contribution < -0.4 is 4.74 Å². The Labute approximate surface area is 210 Å². The van der Waals surface area contributed by atoms with E-state index in [1.807, 2.05) is 32.2 Å². The summed E-state index contributed by atoms with van der Waals surface area (Å²) in [7, 11) is -1.86. The minimum absolute atomic E-state index is 0.108. The van der Waals surface area contributed by atoms with Crippen LogP contribution in [0.3, 0.4) is 0 Å². The van der Waals surface area contributed by atoms with Crippen molar-refractivity contribution in [3.8, 4) is 17.6 Å². The van der Waals surface area contributed by atoms with Gasteiger partial charge in [0.05, 0.1) is 12.3 Å². The van der Waals surface area contributed by atoms with Crippen LogP contribution in [0.5, 0.6) is 5.75 Å². The molecule has 1 aromatic heterocycles. The molecule has 0 spiro atoms. The lowest BCUT2D eigenvalue weighted by atomic mass is 10.0. The molecule has 1 aliphatic heterocycles. The number of hydrogen-bond donors (Lipinski definition) is 1. The molecule has 1 N–H and O–H groups in total. The number of sulfonamides is 1. The smallest absolute Gasteiger partial charge is 0.247 e. The summed E-state index contributed by atoms with van der Waals surface area (Å²) >= 11 is 0. The molecule has 0 bridgehead atoms. The van der Waals surface area contributed by atoms with Gasteiger partial charge in [0.2, 0.25) is 10.0 Å². The second-order valence-corrected chi connectivity index (χ2v) is 11.7. The molecule has 0 radical (unpaired) electrons. The summed E-state index contributed by atoms with van der Waals surface area (Å²) in [5, 5.41) is 9.81. The summed E-state index contributed by atoms with van der Waals surface area (Å²) in [6.45, 7) is 9.15. The molecule has 1 aliphatic rings. The minimum Gasteiger partial charge on any atom is -0.487 e. The fourth-order valence-corrected chi connectivity index (χ4v) is 5.84. The van der Waals surface area contributed by atoms with E-state index in [2.05, 4.69) is 35.6 Å². The summed E-state index contributed by atoms with van der Waals surface area (Å²) in [5.41, 5.74) is 1.67. The van der Waals surface area contributed by atoms with Crippen molar-refractivity contribution >= 4 is 10.0 Å². The van der Waals surface area contributed by atoms with Crippen molar-refractivity contribution in [3.63, 3.8) is 0 Å². The number of nitrogens with zero attached hydrogens (tertiary/aromatic N) is 3. The van der Waals surface area contributed by atoms with Gasteiger partial charge in [-0.2, -0.15) is 4.31 Å². The first-order valence-corrected chi connectivity index (χ1v) is 13.6. The summed E-state index contributed by atoms with van der Waals surface area (Å²) in [5.74, 6) is 6.94. The Hall–Kier alpha value is -2.44. The SMILES string of the molecule is CC(C)CC#Cc1ccc2c(c1)O[C@H](CN(C)Cc1ccccn1)[C@@H](C)CN([C@@H](C)CO)S2(=O)=O. The normalized spacial score (nSPS) is 20.8. The molecular weight excluding hydrogens is 462 g/mol. The van der Waals surface area contributed by atoms with Crippen molar-refractivity contribution < 1.29 is 18.3 Å². The zero-order valence-corrected chi connectivity index (χ0v) is 22.1. The maximum atomic E-state index is 13.6. The zero-order valence-electron chi connectivity index (χ0n) is 21.3. The second kappa shape index (κ2) is 12.0. The molecule has 0 amide bonds. The van der Waals surface area contributed by atoms with Crippen LogP contribution >= 0.6 is 0 Å². The van der Waals surface area contributed by atoms with Crippen molar-refractivity contribution in [3.05, 3.63) is 53.9 Å². The quantitative estimate of drug-likeness (QED) is 0.588. The lowest BCUT2D eigenvalue weighted by molar-refractivity contribution is 0.0730. The number of rotatable bonds is 7. The third kappa shape index (κ3) is 7.05. The number of benzene rings is 1. The number of pyridine rings is 1. The van der Waals surface area contributed by atoms with Gasteiger partial charge in [-0.3, -0.25) is 9.88 Å².